The number of nitrogens with zero attached hydrogens (tertiary/aromatic N) is 2. The first kappa shape index (κ1) is 13.0. The lowest BCUT2D eigenvalue weighted by molar-refractivity contribution is -0.121. The van der Waals surface area contributed by atoms with Crippen LogP contribution in [0.2, 0.25) is 0 Å². The van der Waals surface area contributed by atoms with E-state index in [0.29, 0.717) is 19.4 Å². The van der Waals surface area contributed by atoms with E-state index < -0.39 is 0 Å². The zero-order chi connectivity index (χ0) is 13.5. The number of carbonyl (C=O) groups excluding carboxylic acids is 1. The van der Waals surface area contributed by atoms with Crippen LogP contribution in [0, 0.1) is 0 Å². The minimum absolute atomic E-state index is 0.000960. The number of carbonyl (C=O) groups is 1. The van der Waals surface area contributed by atoms with Crippen LogP contribution in [0.5, 0.6) is 0 Å². The van der Waals surface area contributed by atoms with Crippen molar-refractivity contribution >= 4 is 11.6 Å². The van der Waals surface area contributed by atoms with Gasteiger partial charge in [0.1, 0.15) is 6.33 Å². The van der Waals surface area contributed by atoms with Crippen molar-refractivity contribution in [2.24, 2.45) is 0 Å². The van der Waals surface area contributed by atoms with Crippen LogP contribution in [0.15, 0.2) is 42.9 Å². The lowest BCUT2D eigenvalue weighted by atomic mass is 10.1. The maximum atomic E-state index is 11.7. The van der Waals surface area contributed by atoms with Crippen molar-refractivity contribution in [2.45, 2.75) is 19.4 Å². The van der Waals surface area contributed by atoms with Gasteiger partial charge >= 0.3 is 0 Å². The Morgan fingerprint density at radius 3 is 2.95 bits per heavy atom. The number of anilines is 1. The Hall–Kier alpha value is -2.43. The first-order chi connectivity index (χ1) is 9.24. The third-order valence-corrected chi connectivity index (χ3v) is 2.70. The van der Waals surface area contributed by atoms with E-state index in [0.717, 1.165) is 16.9 Å². The van der Waals surface area contributed by atoms with Crippen LogP contribution in [0.1, 0.15) is 17.7 Å². The van der Waals surface area contributed by atoms with Crippen molar-refractivity contribution in [3.05, 3.63) is 54.1 Å². The molecule has 98 valence electrons. The number of rotatable bonds is 5. The number of nitrogen functional groups attached to an aromatic ring is 1. The molecule has 1 aromatic carbocycles. The van der Waals surface area contributed by atoms with E-state index in [1.165, 1.54) is 6.33 Å². The van der Waals surface area contributed by atoms with Crippen LogP contribution in [0.4, 0.5) is 5.69 Å². The molecule has 5 nitrogen and oxygen atoms in total. The molecule has 19 heavy (non-hydrogen) atoms. The molecule has 0 atom stereocenters. The lowest BCUT2D eigenvalue weighted by Gasteiger charge is -2.05. The second kappa shape index (κ2) is 6.49. The summed E-state index contributed by atoms with van der Waals surface area (Å²) < 4.78 is 0. The van der Waals surface area contributed by atoms with Crippen LogP contribution >= 0.6 is 0 Å². The first-order valence-electron chi connectivity index (χ1n) is 6.10. The summed E-state index contributed by atoms with van der Waals surface area (Å²) >= 11 is 0. The zero-order valence-electron chi connectivity index (χ0n) is 10.5. The average molecular weight is 256 g/mol. The summed E-state index contributed by atoms with van der Waals surface area (Å²) in [4.78, 5) is 19.5. The maximum Gasteiger partial charge on any atom is 0.220 e. The minimum Gasteiger partial charge on any atom is -0.399 e. The maximum absolute atomic E-state index is 11.7. The molecule has 0 saturated carbocycles. The van der Waals surface area contributed by atoms with Gasteiger partial charge in [0.2, 0.25) is 5.91 Å². The predicted octanol–water partition coefficient (Wildman–Crippen LogP) is 1.31. The van der Waals surface area contributed by atoms with E-state index in [-0.39, 0.29) is 5.91 Å². The molecule has 0 aliphatic carbocycles. The van der Waals surface area contributed by atoms with Gasteiger partial charge in [0, 0.05) is 18.3 Å². The number of hydrogen-bond acceptors (Lipinski definition) is 4. The monoisotopic (exact) mass is 256 g/mol. The minimum atomic E-state index is 0.000960. The molecule has 1 aromatic heterocycles. The Labute approximate surface area is 111 Å². The highest BCUT2D eigenvalue weighted by Gasteiger charge is 2.03. The normalized spacial score (nSPS) is 10.1. The second-order valence-corrected chi connectivity index (χ2v) is 4.22. The van der Waals surface area contributed by atoms with E-state index in [4.69, 9.17) is 5.73 Å². The van der Waals surface area contributed by atoms with E-state index >= 15 is 0 Å². The highest BCUT2D eigenvalue weighted by atomic mass is 16.1. The lowest BCUT2D eigenvalue weighted by Crippen LogP contribution is -2.23. The smallest absolute Gasteiger partial charge is 0.220 e. The highest BCUT2D eigenvalue weighted by Crippen LogP contribution is 2.08. The molecular weight excluding hydrogens is 240 g/mol. The Balaban J connectivity index is 1.76. The van der Waals surface area contributed by atoms with E-state index in [2.05, 4.69) is 15.3 Å². The molecule has 2 aromatic rings. The predicted molar refractivity (Wildman–Crippen MR) is 73.1 cm³/mol. The van der Waals surface area contributed by atoms with Crippen molar-refractivity contribution in [1.29, 1.82) is 0 Å². The summed E-state index contributed by atoms with van der Waals surface area (Å²) in [7, 11) is 0. The molecule has 0 bridgehead atoms. The molecule has 0 fully saturated rings. The summed E-state index contributed by atoms with van der Waals surface area (Å²) in [6.07, 6.45) is 4.24. The largest absolute Gasteiger partial charge is 0.399 e. The van der Waals surface area contributed by atoms with Crippen LogP contribution in [0.25, 0.3) is 0 Å². The molecular formula is C14H16N4O. The summed E-state index contributed by atoms with van der Waals surface area (Å²) in [5.74, 6) is 0.000960. The Bertz CT molecular complexity index is 542. The van der Waals surface area contributed by atoms with Gasteiger partial charge in [-0.15, -0.1) is 0 Å². The molecule has 0 radical (unpaired) electrons. The second-order valence-electron chi connectivity index (χ2n) is 4.22. The molecule has 0 unspecified atom stereocenters. The highest BCUT2D eigenvalue weighted by molar-refractivity contribution is 5.76. The van der Waals surface area contributed by atoms with Gasteiger partial charge in [-0.1, -0.05) is 12.1 Å². The summed E-state index contributed by atoms with van der Waals surface area (Å²) in [5.41, 5.74) is 8.27. The first-order valence-corrected chi connectivity index (χ1v) is 6.10. The fraction of sp³-hybridized carbons (Fsp3) is 0.214. The van der Waals surface area contributed by atoms with Gasteiger partial charge < -0.3 is 11.1 Å². The van der Waals surface area contributed by atoms with Gasteiger partial charge in [-0.3, -0.25) is 4.79 Å². The van der Waals surface area contributed by atoms with Crippen LogP contribution in [-0.2, 0) is 17.8 Å². The molecule has 2 rings (SSSR count). The number of nitrogens with two attached hydrogens (primary N) is 1. The Kier molecular flexibility index (Phi) is 4.44. The van der Waals surface area contributed by atoms with Crippen LogP contribution in [0.3, 0.4) is 0 Å². The van der Waals surface area contributed by atoms with Crippen molar-refractivity contribution < 1.29 is 4.79 Å². The van der Waals surface area contributed by atoms with Gasteiger partial charge in [0.25, 0.3) is 0 Å². The molecule has 0 aliphatic rings. The molecule has 3 N–H and O–H groups in total. The Morgan fingerprint density at radius 1 is 1.32 bits per heavy atom. The quantitative estimate of drug-likeness (QED) is 0.790. The molecule has 0 saturated heterocycles. The number of benzene rings is 1. The van der Waals surface area contributed by atoms with Crippen molar-refractivity contribution in [2.75, 3.05) is 5.73 Å². The molecule has 1 amide bonds. The van der Waals surface area contributed by atoms with Crippen molar-refractivity contribution in [3.63, 3.8) is 0 Å². The number of hydrogen-bond donors (Lipinski definition) is 2. The average Bonchev–Trinajstić information content (AvgIpc) is 2.44. The van der Waals surface area contributed by atoms with Gasteiger partial charge in [-0.2, -0.15) is 0 Å². The SMILES string of the molecule is Nc1cccc(CCC(=O)NCc2ccncn2)c1. The number of amides is 1. The number of aryl methyl sites for hydroxylation is 1. The van der Waals surface area contributed by atoms with E-state index in [1.54, 1.807) is 12.3 Å². The molecule has 1 heterocycles. The molecule has 0 aliphatic heterocycles. The third kappa shape index (κ3) is 4.39. The van der Waals surface area contributed by atoms with Gasteiger partial charge in [-0.25, -0.2) is 9.97 Å². The van der Waals surface area contributed by atoms with E-state index in [9.17, 15) is 4.79 Å². The topological polar surface area (TPSA) is 80.9 Å². The van der Waals surface area contributed by atoms with Crippen molar-refractivity contribution in [1.82, 2.24) is 15.3 Å². The third-order valence-electron chi connectivity index (χ3n) is 2.70. The standard InChI is InChI=1S/C14H16N4O/c15-12-3-1-2-11(8-12)4-5-14(19)17-9-13-6-7-16-10-18-13/h1-3,6-8,10H,4-5,9,15H2,(H,17,19). The summed E-state index contributed by atoms with van der Waals surface area (Å²) in [6, 6.07) is 9.35. The molecule has 0 spiro atoms. The zero-order valence-corrected chi connectivity index (χ0v) is 10.5. The van der Waals surface area contributed by atoms with E-state index in [1.807, 2.05) is 24.3 Å². The van der Waals surface area contributed by atoms with Crippen molar-refractivity contribution in [3.8, 4) is 0 Å². The summed E-state index contributed by atoms with van der Waals surface area (Å²) in [5, 5.41) is 2.82. The Morgan fingerprint density at radius 2 is 2.21 bits per heavy atom. The van der Waals surface area contributed by atoms with Crippen LogP contribution in [-0.4, -0.2) is 15.9 Å². The van der Waals surface area contributed by atoms with Gasteiger partial charge in [0.05, 0.1) is 12.2 Å². The summed E-state index contributed by atoms with van der Waals surface area (Å²) in [6.45, 7) is 0.429. The fourth-order valence-electron chi connectivity index (χ4n) is 1.71. The van der Waals surface area contributed by atoms with Gasteiger partial charge in [0.15, 0.2) is 0 Å². The van der Waals surface area contributed by atoms with Crippen LogP contribution < -0.4 is 11.1 Å². The molecule has 5 heteroatoms. The number of aromatic nitrogens is 2. The fourth-order valence-corrected chi connectivity index (χ4v) is 1.71. The number of nitrogens with one attached hydrogen (secondary N) is 1. The van der Waals surface area contributed by atoms with Gasteiger partial charge in [-0.05, 0) is 30.2 Å².